The number of esters is 2. The lowest BCUT2D eigenvalue weighted by molar-refractivity contribution is -0.144. The molecule has 22 heavy (non-hydrogen) atoms. The summed E-state index contributed by atoms with van der Waals surface area (Å²) in [4.78, 5) is 34.9. The monoisotopic (exact) mass is 303 g/mol. The maximum absolute atomic E-state index is 12.1. The van der Waals surface area contributed by atoms with Crippen LogP contribution in [0, 0.1) is 12.3 Å². The van der Waals surface area contributed by atoms with Crippen LogP contribution in [0.2, 0.25) is 0 Å². The van der Waals surface area contributed by atoms with Gasteiger partial charge in [-0.3, -0.25) is 9.59 Å². The van der Waals surface area contributed by atoms with Gasteiger partial charge < -0.3 is 14.8 Å². The Morgan fingerprint density at radius 2 is 1.82 bits per heavy atom. The third kappa shape index (κ3) is 4.94. The molecule has 0 aliphatic heterocycles. The van der Waals surface area contributed by atoms with Crippen LogP contribution < -0.4 is 5.32 Å². The zero-order valence-electron chi connectivity index (χ0n) is 12.4. The van der Waals surface area contributed by atoms with E-state index >= 15 is 0 Å². The molecule has 1 atom stereocenters. The quantitative estimate of drug-likeness (QED) is 0.623. The lowest BCUT2D eigenvalue weighted by Crippen LogP contribution is -2.41. The number of benzene rings is 1. The summed E-state index contributed by atoms with van der Waals surface area (Å²) in [5.41, 5.74) is 0.998. The van der Waals surface area contributed by atoms with Gasteiger partial charge in [0.1, 0.15) is 6.04 Å². The van der Waals surface area contributed by atoms with Crippen LogP contribution in [0.3, 0.4) is 0 Å². The second-order valence-electron chi connectivity index (χ2n) is 4.39. The fourth-order valence-electron chi connectivity index (χ4n) is 1.71. The number of rotatable bonds is 6. The molecule has 116 valence electrons. The smallest absolute Gasteiger partial charge is 0.328 e. The standard InChI is InChI=1S/C16H17NO5/c1-4-11-5-7-12(8-6-11)15(19)17-13(16(20)22-3)9-10-14(18)21-2/h1,5-8,13H,9-10H2,2-3H3,(H,17,19)/t13-/m1/s1. The normalized spacial score (nSPS) is 11.0. The van der Waals surface area contributed by atoms with Crippen LogP contribution in [-0.2, 0) is 19.1 Å². The maximum atomic E-state index is 12.1. The number of methoxy groups -OCH3 is 2. The molecule has 0 heterocycles. The number of ether oxygens (including phenoxy) is 2. The molecule has 0 radical (unpaired) electrons. The summed E-state index contributed by atoms with van der Waals surface area (Å²) in [5.74, 6) is 0.890. The molecular formula is C16H17NO5. The van der Waals surface area contributed by atoms with Crippen molar-refractivity contribution >= 4 is 17.8 Å². The molecule has 1 N–H and O–H groups in total. The number of carbonyl (C=O) groups is 3. The first-order valence-electron chi connectivity index (χ1n) is 6.54. The van der Waals surface area contributed by atoms with Crippen LogP contribution in [0.4, 0.5) is 0 Å². The van der Waals surface area contributed by atoms with Crippen molar-refractivity contribution in [2.24, 2.45) is 0 Å². The van der Waals surface area contributed by atoms with Gasteiger partial charge in [-0.05, 0) is 30.7 Å². The van der Waals surface area contributed by atoms with E-state index in [-0.39, 0.29) is 12.8 Å². The number of carbonyl (C=O) groups excluding carboxylic acids is 3. The number of terminal acetylenes is 1. The molecule has 0 bridgehead atoms. The van der Waals surface area contributed by atoms with Crippen LogP contribution >= 0.6 is 0 Å². The Balaban J connectivity index is 2.75. The summed E-state index contributed by atoms with van der Waals surface area (Å²) in [6, 6.07) is 5.43. The highest BCUT2D eigenvalue weighted by Crippen LogP contribution is 2.06. The van der Waals surface area contributed by atoms with E-state index in [0.717, 1.165) is 0 Å². The van der Waals surface area contributed by atoms with Crippen molar-refractivity contribution in [3.05, 3.63) is 35.4 Å². The third-order valence-corrected chi connectivity index (χ3v) is 2.97. The van der Waals surface area contributed by atoms with Gasteiger partial charge in [-0.2, -0.15) is 0 Å². The SMILES string of the molecule is C#Cc1ccc(C(=O)N[C@H](CCC(=O)OC)C(=O)OC)cc1. The highest BCUT2D eigenvalue weighted by molar-refractivity contribution is 5.96. The Morgan fingerprint density at radius 3 is 2.32 bits per heavy atom. The van der Waals surface area contributed by atoms with Crippen molar-refractivity contribution < 1.29 is 23.9 Å². The van der Waals surface area contributed by atoms with Crippen LogP contribution in [0.1, 0.15) is 28.8 Å². The molecule has 0 aromatic heterocycles. The van der Waals surface area contributed by atoms with Crippen LogP contribution in [0.15, 0.2) is 24.3 Å². The fourth-order valence-corrected chi connectivity index (χ4v) is 1.71. The highest BCUT2D eigenvalue weighted by Gasteiger charge is 2.23. The molecule has 0 aliphatic rings. The molecule has 6 nitrogen and oxygen atoms in total. The van der Waals surface area contributed by atoms with Gasteiger partial charge in [0.2, 0.25) is 0 Å². The van der Waals surface area contributed by atoms with E-state index in [1.54, 1.807) is 24.3 Å². The van der Waals surface area contributed by atoms with Gasteiger partial charge in [0.05, 0.1) is 14.2 Å². The maximum Gasteiger partial charge on any atom is 0.328 e. The average molecular weight is 303 g/mol. The molecule has 0 spiro atoms. The lowest BCUT2D eigenvalue weighted by Gasteiger charge is -2.16. The van der Waals surface area contributed by atoms with Gasteiger partial charge in [0, 0.05) is 17.5 Å². The van der Waals surface area contributed by atoms with E-state index in [1.807, 2.05) is 0 Å². The predicted octanol–water partition coefficient (Wildman–Crippen LogP) is 0.892. The largest absolute Gasteiger partial charge is 0.469 e. The van der Waals surface area contributed by atoms with Crippen molar-refractivity contribution in [3.63, 3.8) is 0 Å². The van der Waals surface area contributed by atoms with Crippen molar-refractivity contribution in [1.82, 2.24) is 5.32 Å². The molecule has 0 saturated heterocycles. The van der Waals surface area contributed by atoms with Crippen LogP contribution in [0.5, 0.6) is 0 Å². The number of hydrogen-bond acceptors (Lipinski definition) is 5. The van der Waals surface area contributed by atoms with Gasteiger partial charge in [-0.1, -0.05) is 5.92 Å². The van der Waals surface area contributed by atoms with E-state index in [2.05, 4.69) is 20.7 Å². The third-order valence-electron chi connectivity index (χ3n) is 2.97. The predicted molar refractivity (Wildman–Crippen MR) is 78.9 cm³/mol. The van der Waals surface area contributed by atoms with E-state index in [0.29, 0.717) is 11.1 Å². The molecule has 1 amide bonds. The summed E-state index contributed by atoms with van der Waals surface area (Å²) >= 11 is 0. The number of hydrogen-bond donors (Lipinski definition) is 1. The molecule has 0 saturated carbocycles. The molecular weight excluding hydrogens is 286 g/mol. The minimum Gasteiger partial charge on any atom is -0.469 e. The Bertz CT molecular complexity index is 586. The second kappa shape index (κ2) is 8.47. The first-order valence-corrected chi connectivity index (χ1v) is 6.54. The Hall–Kier alpha value is -2.81. The summed E-state index contributed by atoms with van der Waals surface area (Å²) in [7, 11) is 2.46. The molecule has 0 unspecified atom stereocenters. The molecule has 1 aromatic carbocycles. The number of amides is 1. The van der Waals surface area contributed by atoms with E-state index < -0.39 is 23.9 Å². The van der Waals surface area contributed by atoms with Gasteiger partial charge in [-0.25, -0.2) is 4.79 Å². The van der Waals surface area contributed by atoms with Crippen LogP contribution in [0.25, 0.3) is 0 Å². The Kier molecular flexibility index (Phi) is 6.64. The van der Waals surface area contributed by atoms with E-state index in [1.165, 1.54) is 14.2 Å². The average Bonchev–Trinajstić information content (AvgIpc) is 2.57. The van der Waals surface area contributed by atoms with Crippen molar-refractivity contribution in [2.75, 3.05) is 14.2 Å². The van der Waals surface area contributed by atoms with E-state index in [4.69, 9.17) is 6.42 Å². The van der Waals surface area contributed by atoms with E-state index in [9.17, 15) is 14.4 Å². The summed E-state index contributed by atoms with van der Waals surface area (Å²) < 4.78 is 9.13. The highest BCUT2D eigenvalue weighted by atomic mass is 16.5. The van der Waals surface area contributed by atoms with Crippen molar-refractivity contribution in [3.8, 4) is 12.3 Å². The zero-order valence-corrected chi connectivity index (χ0v) is 12.4. The summed E-state index contributed by atoms with van der Waals surface area (Å²) in [5, 5.41) is 2.53. The molecule has 0 fully saturated rings. The molecule has 6 heteroatoms. The Morgan fingerprint density at radius 1 is 1.18 bits per heavy atom. The first kappa shape index (κ1) is 17.2. The molecule has 0 aliphatic carbocycles. The Labute approximate surface area is 128 Å². The van der Waals surface area contributed by atoms with Gasteiger partial charge in [0.25, 0.3) is 5.91 Å². The van der Waals surface area contributed by atoms with Crippen LogP contribution in [-0.4, -0.2) is 38.1 Å². The van der Waals surface area contributed by atoms with Crippen molar-refractivity contribution in [1.29, 1.82) is 0 Å². The minimum atomic E-state index is -0.927. The molecule has 1 rings (SSSR count). The summed E-state index contributed by atoms with van der Waals surface area (Å²) in [6.07, 6.45) is 5.32. The lowest BCUT2D eigenvalue weighted by atomic mass is 10.1. The summed E-state index contributed by atoms with van der Waals surface area (Å²) in [6.45, 7) is 0. The van der Waals surface area contributed by atoms with Gasteiger partial charge in [0.15, 0.2) is 0 Å². The topological polar surface area (TPSA) is 81.7 Å². The van der Waals surface area contributed by atoms with Gasteiger partial charge >= 0.3 is 11.9 Å². The zero-order chi connectivity index (χ0) is 16.5. The fraction of sp³-hybridized carbons (Fsp3) is 0.312. The first-order chi connectivity index (χ1) is 10.5. The van der Waals surface area contributed by atoms with Crippen molar-refractivity contribution in [2.45, 2.75) is 18.9 Å². The second-order valence-corrected chi connectivity index (χ2v) is 4.39. The van der Waals surface area contributed by atoms with Gasteiger partial charge in [-0.15, -0.1) is 6.42 Å². The number of nitrogens with one attached hydrogen (secondary N) is 1. The minimum absolute atomic E-state index is 0.00736. The molecule has 1 aromatic rings.